The zero-order valence-electron chi connectivity index (χ0n) is 7.56. The van der Waals surface area contributed by atoms with Gasteiger partial charge in [-0.3, -0.25) is 0 Å². The van der Waals surface area contributed by atoms with E-state index in [0.29, 0.717) is 11.5 Å². The Kier molecular flexibility index (Phi) is 2.90. The minimum absolute atomic E-state index is 0.288. The third-order valence-corrected chi connectivity index (χ3v) is 2.62. The first-order chi connectivity index (χ1) is 5.14. The van der Waals surface area contributed by atoms with Crippen molar-refractivity contribution in [1.29, 1.82) is 0 Å². The molecule has 1 rings (SSSR count). The summed E-state index contributed by atoms with van der Waals surface area (Å²) in [7, 11) is 0. The molecule has 2 nitrogen and oxygen atoms in total. The van der Waals surface area contributed by atoms with Gasteiger partial charge in [0.25, 0.3) is 0 Å². The molecule has 11 heavy (non-hydrogen) atoms. The third kappa shape index (κ3) is 2.80. The first-order valence-corrected chi connectivity index (χ1v) is 4.48. The lowest BCUT2D eigenvalue weighted by Crippen LogP contribution is -2.31. The Labute approximate surface area is 69.0 Å². The highest BCUT2D eigenvalue weighted by atomic mass is 16.3. The Bertz CT molecular complexity index is 123. The van der Waals surface area contributed by atoms with Gasteiger partial charge in [-0.2, -0.15) is 0 Å². The SMILES string of the molecule is CC1(C)CCNC(CO)CC1. The molecule has 1 unspecified atom stereocenters. The summed E-state index contributed by atoms with van der Waals surface area (Å²) >= 11 is 0. The molecular weight excluding hydrogens is 138 g/mol. The van der Waals surface area contributed by atoms with E-state index in [2.05, 4.69) is 19.2 Å². The van der Waals surface area contributed by atoms with Crippen LogP contribution < -0.4 is 5.32 Å². The molecule has 0 saturated carbocycles. The van der Waals surface area contributed by atoms with Gasteiger partial charge in [-0.05, 0) is 31.2 Å². The fourth-order valence-electron chi connectivity index (χ4n) is 1.56. The zero-order valence-corrected chi connectivity index (χ0v) is 7.56. The number of hydrogen-bond acceptors (Lipinski definition) is 2. The molecule has 1 atom stereocenters. The predicted molar refractivity (Wildman–Crippen MR) is 46.5 cm³/mol. The van der Waals surface area contributed by atoms with Gasteiger partial charge in [-0.25, -0.2) is 0 Å². The fourth-order valence-corrected chi connectivity index (χ4v) is 1.56. The van der Waals surface area contributed by atoms with Crippen molar-refractivity contribution in [1.82, 2.24) is 5.32 Å². The van der Waals surface area contributed by atoms with Crippen LogP contribution in [0.4, 0.5) is 0 Å². The molecule has 0 aromatic rings. The lowest BCUT2D eigenvalue weighted by molar-refractivity contribution is 0.235. The van der Waals surface area contributed by atoms with Crippen LogP contribution in [-0.4, -0.2) is 24.3 Å². The summed E-state index contributed by atoms with van der Waals surface area (Å²) in [5.74, 6) is 0. The van der Waals surface area contributed by atoms with Crippen molar-refractivity contribution in [2.75, 3.05) is 13.2 Å². The van der Waals surface area contributed by atoms with Crippen LogP contribution in [0.3, 0.4) is 0 Å². The topological polar surface area (TPSA) is 32.3 Å². The maximum absolute atomic E-state index is 8.92. The summed E-state index contributed by atoms with van der Waals surface area (Å²) in [6.45, 7) is 5.94. The van der Waals surface area contributed by atoms with Crippen molar-refractivity contribution in [3.8, 4) is 0 Å². The first-order valence-electron chi connectivity index (χ1n) is 4.48. The normalized spacial score (nSPS) is 31.4. The molecule has 2 N–H and O–H groups in total. The average molecular weight is 157 g/mol. The van der Waals surface area contributed by atoms with Crippen LogP contribution in [0.25, 0.3) is 0 Å². The van der Waals surface area contributed by atoms with Crippen LogP contribution in [0, 0.1) is 5.41 Å². The molecule has 0 aromatic heterocycles. The average Bonchev–Trinajstić information content (AvgIpc) is 2.10. The van der Waals surface area contributed by atoms with E-state index in [9.17, 15) is 0 Å². The van der Waals surface area contributed by atoms with E-state index in [-0.39, 0.29) is 6.61 Å². The summed E-state index contributed by atoms with van der Waals surface area (Å²) < 4.78 is 0. The number of hydrogen-bond donors (Lipinski definition) is 2. The van der Waals surface area contributed by atoms with Crippen molar-refractivity contribution in [3.05, 3.63) is 0 Å². The van der Waals surface area contributed by atoms with E-state index < -0.39 is 0 Å². The molecule has 1 aliphatic heterocycles. The molecule has 1 aliphatic rings. The smallest absolute Gasteiger partial charge is 0.0584 e. The molecule has 0 bridgehead atoms. The molecule has 2 heteroatoms. The summed E-state index contributed by atoms with van der Waals surface area (Å²) in [5, 5.41) is 12.3. The fraction of sp³-hybridized carbons (Fsp3) is 1.00. The molecule has 0 spiro atoms. The van der Waals surface area contributed by atoms with Crippen molar-refractivity contribution in [2.24, 2.45) is 5.41 Å². The van der Waals surface area contributed by atoms with E-state index in [1.807, 2.05) is 0 Å². The predicted octanol–water partition coefficient (Wildman–Crippen LogP) is 1.15. The molecule has 0 aromatic carbocycles. The zero-order chi connectivity index (χ0) is 8.32. The molecule has 1 fully saturated rings. The van der Waals surface area contributed by atoms with Gasteiger partial charge in [-0.15, -0.1) is 0 Å². The van der Waals surface area contributed by atoms with Gasteiger partial charge < -0.3 is 10.4 Å². The second-order valence-electron chi connectivity index (χ2n) is 4.29. The van der Waals surface area contributed by atoms with Gasteiger partial charge in [0.15, 0.2) is 0 Å². The number of aliphatic hydroxyl groups excluding tert-OH is 1. The second kappa shape index (κ2) is 3.55. The monoisotopic (exact) mass is 157 g/mol. The minimum atomic E-state index is 0.288. The largest absolute Gasteiger partial charge is 0.395 e. The van der Waals surface area contributed by atoms with Gasteiger partial charge in [0.1, 0.15) is 0 Å². The van der Waals surface area contributed by atoms with Crippen LogP contribution in [0.1, 0.15) is 33.1 Å². The highest BCUT2D eigenvalue weighted by Gasteiger charge is 2.23. The summed E-state index contributed by atoms with van der Waals surface area (Å²) in [5.41, 5.74) is 0.469. The molecule has 1 heterocycles. The maximum atomic E-state index is 8.92. The van der Waals surface area contributed by atoms with Gasteiger partial charge in [-0.1, -0.05) is 13.8 Å². The standard InChI is InChI=1S/C9H19NO/c1-9(2)4-3-8(7-11)10-6-5-9/h8,10-11H,3-7H2,1-2H3. The van der Waals surface area contributed by atoms with Gasteiger partial charge in [0, 0.05) is 6.04 Å². The van der Waals surface area contributed by atoms with Gasteiger partial charge in [0.2, 0.25) is 0 Å². The van der Waals surface area contributed by atoms with Crippen molar-refractivity contribution in [2.45, 2.75) is 39.2 Å². The number of aliphatic hydroxyl groups is 1. The molecule has 0 amide bonds. The van der Waals surface area contributed by atoms with Crippen molar-refractivity contribution >= 4 is 0 Å². The van der Waals surface area contributed by atoms with Gasteiger partial charge >= 0.3 is 0 Å². The Morgan fingerprint density at radius 3 is 2.82 bits per heavy atom. The van der Waals surface area contributed by atoms with E-state index in [4.69, 9.17) is 5.11 Å². The highest BCUT2D eigenvalue weighted by molar-refractivity contribution is 4.79. The van der Waals surface area contributed by atoms with E-state index in [1.165, 1.54) is 12.8 Å². The van der Waals surface area contributed by atoms with Crippen LogP contribution in [0.15, 0.2) is 0 Å². The minimum Gasteiger partial charge on any atom is -0.395 e. The highest BCUT2D eigenvalue weighted by Crippen LogP contribution is 2.28. The summed E-state index contributed by atoms with van der Waals surface area (Å²) in [6, 6.07) is 0.344. The Hall–Kier alpha value is -0.0800. The first kappa shape index (κ1) is 9.01. The van der Waals surface area contributed by atoms with Crippen LogP contribution in [0.2, 0.25) is 0 Å². The van der Waals surface area contributed by atoms with Crippen molar-refractivity contribution in [3.63, 3.8) is 0 Å². The number of rotatable bonds is 1. The second-order valence-corrected chi connectivity index (χ2v) is 4.29. The molecule has 0 aliphatic carbocycles. The van der Waals surface area contributed by atoms with E-state index >= 15 is 0 Å². The van der Waals surface area contributed by atoms with Crippen LogP contribution in [-0.2, 0) is 0 Å². The molecule has 1 saturated heterocycles. The van der Waals surface area contributed by atoms with Gasteiger partial charge in [0.05, 0.1) is 6.61 Å². The lowest BCUT2D eigenvalue weighted by Gasteiger charge is -2.20. The maximum Gasteiger partial charge on any atom is 0.0584 e. The summed E-state index contributed by atoms with van der Waals surface area (Å²) in [6.07, 6.45) is 3.57. The third-order valence-electron chi connectivity index (χ3n) is 2.62. The quantitative estimate of drug-likeness (QED) is 0.598. The van der Waals surface area contributed by atoms with Crippen LogP contribution in [0.5, 0.6) is 0 Å². The van der Waals surface area contributed by atoms with E-state index in [0.717, 1.165) is 13.0 Å². The van der Waals surface area contributed by atoms with Crippen LogP contribution >= 0.6 is 0 Å². The Balaban J connectivity index is 2.39. The Morgan fingerprint density at radius 2 is 2.18 bits per heavy atom. The Morgan fingerprint density at radius 1 is 1.45 bits per heavy atom. The molecule has 66 valence electrons. The molecular formula is C9H19NO. The number of nitrogens with one attached hydrogen (secondary N) is 1. The molecule has 0 radical (unpaired) electrons. The lowest BCUT2D eigenvalue weighted by atomic mass is 9.85. The van der Waals surface area contributed by atoms with Crippen molar-refractivity contribution < 1.29 is 5.11 Å². The van der Waals surface area contributed by atoms with E-state index in [1.54, 1.807) is 0 Å². The summed E-state index contributed by atoms with van der Waals surface area (Å²) in [4.78, 5) is 0.